The topological polar surface area (TPSA) is 61.4 Å². The average Bonchev–Trinajstić information content (AvgIpc) is 2.21. The summed E-state index contributed by atoms with van der Waals surface area (Å²) in [5.41, 5.74) is 2.24. The van der Waals surface area contributed by atoms with Crippen molar-refractivity contribution in [3.8, 4) is 0 Å². The zero-order chi connectivity index (χ0) is 11.3. The highest BCUT2D eigenvalue weighted by Crippen LogP contribution is 2.25. The lowest BCUT2D eigenvalue weighted by Gasteiger charge is -2.07. The van der Waals surface area contributed by atoms with Gasteiger partial charge >= 0.3 is 0 Å². The maximum atomic E-state index is 10.7. The van der Waals surface area contributed by atoms with Crippen LogP contribution in [0.25, 0.3) is 0 Å². The van der Waals surface area contributed by atoms with E-state index in [0.29, 0.717) is 22.3 Å². The fraction of sp³-hybridized carbons (Fsp3) is 0.222. The molecule has 0 radical (unpaired) electrons. The molecule has 1 aromatic rings. The molecule has 0 fully saturated rings. The third kappa shape index (κ3) is 3.95. The van der Waals surface area contributed by atoms with Gasteiger partial charge < -0.3 is 5.32 Å². The molecule has 0 aromatic heterocycles. The average molecular weight is 249 g/mol. The summed E-state index contributed by atoms with van der Waals surface area (Å²) >= 11 is 11.6. The number of amides is 1. The summed E-state index contributed by atoms with van der Waals surface area (Å²) in [6, 6.07) is 5.03. The van der Waals surface area contributed by atoms with Crippen molar-refractivity contribution in [1.29, 1.82) is 0 Å². The van der Waals surface area contributed by atoms with Crippen molar-refractivity contribution < 1.29 is 10.0 Å². The van der Waals surface area contributed by atoms with E-state index in [1.807, 2.05) is 0 Å². The van der Waals surface area contributed by atoms with Gasteiger partial charge in [0.15, 0.2) is 0 Å². The minimum absolute atomic E-state index is 0.162. The second kappa shape index (κ2) is 5.80. The van der Waals surface area contributed by atoms with E-state index in [1.54, 1.807) is 23.7 Å². The van der Waals surface area contributed by atoms with Crippen LogP contribution in [-0.2, 0) is 4.79 Å². The molecule has 1 rings (SSSR count). The van der Waals surface area contributed by atoms with Gasteiger partial charge in [-0.2, -0.15) is 0 Å². The summed E-state index contributed by atoms with van der Waals surface area (Å²) in [6.45, 7) is 0.383. The highest BCUT2D eigenvalue weighted by atomic mass is 35.5. The monoisotopic (exact) mass is 248 g/mol. The first-order chi connectivity index (χ1) is 7.13. The molecule has 0 spiro atoms. The molecule has 0 aliphatic carbocycles. The Hall–Kier alpha value is -0.970. The van der Waals surface area contributed by atoms with Crippen molar-refractivity contribution in [3.63, 3.8) is 0 Å². The molecule has 0 bridgehead atoms. The van der Waals surface area contributed by atoms with Crippen LogP contribution < -0.4 is 10.8 Å². The van der Waals surface area contributed by atoms with Gasteiger partial charge in [0.25, 0.3) is 0 Å². The normalized spacial score (nSPS) is 9.80. The van der Waals surface area contributed by atoms with Crippen molar-refractivity contribution in [3.05, 3.63) is 28.2 Å². The fourth-order valence-corrected chi connectivity index (χ4v) is 1.47. The molecule has 6 heteroatoms. The first-order valence-corrected chi connectivity index (χ1v) is 5.01. The first-order valence-electron chi connectivity index (χ1n) is 4.25. The third-order valence-electron chi connectivity index (χ3n) is 1.72. The summed E-state index contributed by atoms with van der Waals surface area (Å²) in [5.74, 6) is -0.451. The lowest BCUT2D eigenvalue weighted by Crippen LogP contribution is -2.21. The molecule has 0 atom stereocenters. The van der Waals surface area contributed by atoms with E-state index < -0.39 is 5.91 Å². The Morgan fingerprint density at radius 2 is 2.13 bits per heavy atom. The van der Waals surface area contributed by atoms with Crippen molar-refractivity contribution in [2.75, 3.05) is 11.9 Å². The van der Waals surface area contributed by atoms with Crippen LogP contribution in [0.5, 0.6) is 0 Å². The van der Waals surface area contributed by atoms with Crippen LogP contribution in [0.4, 0.5) is 5.69 Å². The smallest absolute Gasteiger partial charge is 0.245 e. The predicted octanol–water partition coefficient (Wildman–Crippen LogP) is 2.30. The van der Waals surface area contributed by atoms with Crippen molar-refractivity contribution in [2.45, 2.75) is 6.42 Å². The summed E-state index contributed by atoms with van der Waals surface area (Å²) in [6.07, 6.45) is 0.162. The van der Waals surface area contributed by atoms with Crippen molar-refractivity contribution in [1.82, 2.24) is 5.48 Å². The van der Waals surface area contributed by atoms with Crippen LogP contribution in [0, 0.1) is 0 Å². The molecule has 3 N–H and O–H groups in total. The Morgan fingerprint density at radius 1 is 1.40 bits per heavy atom. The Balaban J connectivity index is 2.47. The van der Waals surface area contributed by atoms with E-state index in [0.717, 1.165) is 0 Å². The number of hydrogen-bond donors (Lipinski definition) is 3. The molecule has 0 unspecified atom stereocenters. The van der Waals surface area contributed by atoms with Crippen molar-refractivity contribution in [2.24, 2.45) is 0 Å². The molecule has 15 heavy (non-hydrogen) atoms. The number of carbonyl (C=O) groups excluding carboxylic acids is 1. The van der Waals surface area contributed by atoms with E-state index in [2.05, 4.69) is 5.32 Å². The Kier molecular flexibility index (Phi) is 4.68. The van der Waals surface area contributed by atoms with E-state index in [-0.39, 0.29) is 6.42 Å². The maximum absolute atomic E-state index is 10.7. The molecule has 0 aliphatic rings. The summed E-state index contributed by atoms with van der Waals surface area (Å²) in [5, 5.41) is 12.2. The van der Waals surface area contributed by atoms with Crippen molar-refractivity contribution >= 4 is 34.8 Å². The van der Waals surface area contributed by atoms with Gasteiger partial charge in [0.2, 0.25) is 5.91 Å². The Bertz CT molecular complexity index is 358. The molecule has 0 aliphatic heterocycles. The molecule has 0 saturated heterocycles. The van der Waals surface area contributed by atoms with Gasteiger partial charge in [-0.25, -0.2) is 5.48 Å². The lowest BCUT2D eigenvalue weighted by molar-refractivity contribution is -0.128. The van der Waals surface area contributed by atoms with Gasteiger partial charge in [-0.3, -0.25) is 10.0 Å². The zero-order valence-electron chi connectivity index (χ0n) is 7.76. The second-order valence-electron chi connectivity index (χ2n) is 2.84. The SMILES string of the molecule is O=C(CCNc1ccc(Cl)cc1Cl)NO. The van der Waals surface area contributed by atoms with Crippen LogP contribution in [0.3, 0.4) is 0 Å². The molecular formula is C9H10Cl2N2O2. The molecule has 0 saturated carbocycles. The molecule has 1 aromatic carbocycles. The minimum atomic E-state index is -0.451. The van der Waals surface area contributed by atoms with Crippen LogP contribution in [0.2, 0.25) is 10.0 Å². The van der Waals surface area contributed by atoms with E-state index in [1.165, 1.54) is 0 Å². The van der Waals surface area contributed by atoms with Crippen LogP contribution in [0.1, 0.15) is 6.42 Å². The number of hydroxylamine groups is 1. The molecule has 82 valence electrons. The minimum Gasteiger partial charge on any atom is -0.383 e. The number of hydrogen-bond acceptors (Lipinski definition) is 3. The number of halogens is 2. The highest BCUT2D eigenvalue weighted by Gasteiger charge is 2.02. The zero-order valence-corrected chi connectivity index (χ0v) is 9.27. The second-order valence-corrected chi connectivity index (χ2v) is 3.68. The van der Waals surface area contributed by atoms with Crippen LogP contribution >= 0.6 is 23.2 Å². The van der Waals surface area contributed by atoms with Gasteiger partial charge in [0.1, 0.15) is 0 Å². The number of anilines is 1. The van der Waals surface area contributed by atoms with Crippen LogP contribution in [0.15, 0.2) is 18.2 Å². The maximum Gasteiger partial charge on any atom is 0.245 e. The number of benzene rings is 1. The molecule has 0 heterocycles. The van der Waals surface area contributed by atoms with Gasteiger partial charge in [-0.05, 0) is 18.2 Å². The lowest BCUT2D eigenvalue weighted by atomic mass is 10.3. The number of nitrogens with one attached hydrogen (secondary N) is 2. The van der Waals surface area contributed by atoms with Gasteiger partial charge in [-0.1, -0.05) is 23.2 Å². The summed E-state index contributed by atoms with van der Waals surface area (Å²) in [7, 11) is 0. The van der Waals surface area contributed by atoms with Crippen LogP contribution in [-0.4, -0.2) is 17.7 Å². The standard InChI is InChI=1S/C9H10Cl2N2O2/c10-6-1-2-8(7(11)5-6)12-4-3-9(14)13-15/h1-2,5,12,15H,3-4H2,(H,13,14). The number of rotatable bonds is 4. The highest BCUT2D eigenvalue weighted by molar-refractivity contribution is 6.36. The predicted molar refractivity (Wildman–Crippen MR) is 59.5 cm³/mol. The van der Waals surface area contributed by atoms with Gasteiger partial charge in [0, 0.05) is 18.0 Å². The summed E-state index contributed by atoms with van der Waals surface area (Å²) in [4.78, 5) is 10.7. The molecule has 1 amide bonds. The Labute approximate surface area is 97.1 Å². The van der Waals surface area contributed by atoms with E-state index in [4.69, 9.17) is 28.4 Å². The quantitative estimate of drug-likeness (QED) is 0.566. The largest absolute Gasteiger partial charge is 0.383 e. The Morgan fingerprint density at radius 3 is 2.73 bits per heavy atom. The first kappa shape index (κ1) is 12.1. The van der Waals surface area contributed by atoms with E-state index in [9.17, 15) is 4.79 Å². The third-order valence-corrected chi connectivity index (χ3v) is 2.27. The molecule has 4 nitrogen and oxygen atoms in total. The van der Waals surface area contributed by atoms with E-state index >= 15 is 0 Å². The fourth-order valence-electron chi connectivity index (χ4n) is 0.999. The summed E-state index contributed by atoms with van der Waals surface area (Å²) < 4.78 is 0. The number of carbonyl (C=O) groups is 1. The van der Waals surface area contributed by atoms with Gasteiger partial charge in [-0.15, -0.1) is 0 Å². The van der Waals surface area contributed by atoms with Gasteiger partial charge in [0.05, 0.1) is 10.7 Å². The molecular weight excluding hydrogens is 239 g/mol.